The van der Waals surface area contributed by atoms with Gasteiger partial charge in [-0.3, -0.25) is 0 Å². The van der Waals surface area contributed by atoms with Crippen molar-refractivity contribution in [1.82, 2.24) is 10.2 Å². The maximum atomic E-state index is 10.0. The smallest absolute Gasteiger partial charge is 0.206 e. The second kappa shape index (κ2) is 8.97. The molecule has 0 aliphatic rings. The van der Waals surface area contributed by atoms with E-state index in [2.05, 4.69) is 28.5 Å². The molecule has 1 unspecified atom stereocenters. The summed E-state index contributed by atoms with van der Waals surface area (Å²) < 4.78 is 6.48. The lowest BCUT2D eigenvalue weighted by molar-refractivity contribution is 0.126. The van der Waals surface area contributed by atoms with E-state index in [-0.39, 0.29) is 6.61 Å². The van der Waals surface area contributed by atoms with Crippen LogP contribution >= 0.6 is 23.1 Å². The first kappa shape index (κ1) is 17.1. The summed E-state index contributed by atoms with van der Waals surface area (Å²) in [4.78, 5) is 0. The van der Waals surface area contributed by atoms with Crippen molar-refractivity contribution in [1.29, 1.82) is 0 Å². The van der Waals surface area contributed by atoms with E-state index in [9.17, 15) is 5.11 Å². The Hall–Kier alpha value is -1.31. The van der Waals surface area contributed by atoms with Crippen LogP contribution in [0.25, 0.3) is 0 Å². The van der Waals surface area contributed by atoms with Gasteiger partial charge >= 0.3 is 0 Å². The highest BCUT2D eigenvalue weighted by atomic mass is 32.2. The third-order valence-corrected chi connectivity index (χ3v) is 5.04. The molecule has 2 N–H and O–H groups in total. The van der Waals surface area contributed by atoms with Crippen LogP contribution in [0.4, 0.5) is 5.13 Å². The summed E-state index contributed by atoms with van der Waals surface area (Å²) >= 11 is 2.99. The number of aryl methyl sites for hydroxylation is 1. The summed E-state index contributed by atoms with van der Waals surface area (Å²) in [6.45, 7) is 5.22. The molecule has 0 saturated carbocycles. The predicted octanol–water partition coefficient (Wildman–Crippen LogP) is 3.06. The van der Waals surface area contributed by atoms with E-state index in [0.717, 1.165) is 28.2 Å². The normalized spacial score (nSPS) is 12.1. The van der Waals surface area contributed by atoms with E-state index < -0.39 is 6.10 Å². The molecule has 0 aliphatic carbocycles. The van der Waals surface area contributed by atoms with Gasteiger partial charge in [-0.05, 0) is 31.0 Å². The maximum Gasteiger partial charge on any atom is 0.206 e. The molecule has 1 atom stereocenters. The highest BCUT2D eigenvalue weighted by Gasteiger charge is 2.10. The number of aromatic nitrogens is 2. The highest BCUT2D eigenvalue weighted by Crippen LogP contribution is 2.26. The van der Waals surface area contributed by atoms with Crippen LogP contribution in [0, 0.1) is 0 Å². The Morgan fingerprint density at radius 2 is 2.23 bits per heavy atom. The van der Waals surface area contributed by atoms with Gasteiger partial charge in [0.2, 0.25) is 5.13 Å². The Bertz CT molecular complexity index is 577. The van der Waals surface area contributed by atoms with E-state index in [1.54, 1.807) is 0 Å². The van der Waals surface area contributed by atoms with Crippen LogP contribution in [0.2, 0.25) is 0 Å². The molecule has 0 amide bonds. The molecule has 1 aromatic carbocycles. The van der Waals surface area contributed by atoms with Crippen molar-refractivity contribution >= 4 is 28.2 Å². The van der Waals surface area contributed by atoms with E-state index in [1.165, 1.54) is 28.7 Å². The summed E-state index contributed by atoms with van der Waals surface area (Å²) in [5.41, 5.74) is 1.23. The Kier molecular flexibility index (Phi) is 6.95. The zero-order chi connectivity index (χ0) is 15.8. The van der Waals surface area contributed by atoms with Crippen LogP contribution in [-0.2, 0) is 6.42 Å². The average molecular weight is 339 g/mol. The Morgan fingerprint density at radius 3 is 3.00 bits per heavy atom. The molecule has 0 fully saturated rings. The SMILES string of the molecule is CCNc1nnc(SCC(O)COc2cccc(CC)c2)s1. The van der Waals surface area contributed by atoms with Crippen LogP contribution < -0.4 is 10.1 Å². The van der Waals surface area contributed by atoms with Crippen molar-refractivity contribution in [3.8, 4) is 5.75 Å². The molecule has 22 heavy (non-hydrogen) atoms. The third-order valence-electron chi connectivity index (χ3n) is 2.88. The zero-order valence-corrected chi connectivity index (χ0v) is 14.4. The summed E-state index contributed by atoms with van der Waals surface area (Å²) in [6, 6.07) is 7.95. The van der Waals surface area contributed by atoms with Gasteiger partial charge in [-0.1, -0.05) is 42.2 Å². The molecule has 0 radical (unpaired) electrons. The standard InChI is InChI=1S/C15H21N3O2S2/c1-3-11-6-5-7-13(8-11)20-9-12(19)10-21-15-18-17-14(22-15)16-4-2/h5-8,12,19H,3-4,9-10H2,1-2H3,(H,16,17). The Balaban J connectivity index is 1.73. The summed E-state index contributed by atoms with van der Waals surface area (Å²) in [5.74, 6) is 1.34. The highest BCUT2D eigenvalue weighted by molar-refractivity contribution is 8.01. The summed E-state index contributed by atoms with van der Waals surface area (Å²) in [7, 11) is 0. The first-order valence-corrected chi connectivity index (χ1v) is 9.11. The molecule has 0 spiro atoms. The largest absolute Gasteiger partial charge is 0.491 e. The van der Waals surface area contributed by atoms with Crippen molar-refractivity contribution in [2.24, 2.45) is 0 Å². The fraction of sp³-hybridized carbons (Fsp3) is 0.467. The number of hydrogen-bond donors (Lipinski definition) is 2. The molecule has 7 heteroatoms. The molecule has 1 heterocycles. The van der Waals surface area contributed by atoms with Gasteiger partial charge in [-0.25, -0.2) is 0 Å². The van der Waals surface area contributed by atoms with Crippen LogP contribution in [0.15, 0.2) is 28.6 Å². The van der Waals surface area contributed by atoms with Gasteiger partial charge < -0.3 is 15.2 Å². The van der Waals surface area contributed by atoms with Gasteiger partial charge in [0.15, 0.2) is 4.34 Å². The first-order chi connectivity index (χ1) is 10.7. The fourth-order valence-electron chi connectivity index (χ4n) is 1.75. The molecule has 5 nitrogen and oxygen atoms in total. The van der Waals surface area contributed by atoms with Crippen LogP contribution in [0.5, 0.6) is 5.75 Å². The van der Waals surface area contributed by atoms with E-state index in [4.69, 9.17) is 4.74 Å². The number of ether oxygens (including phenoxy) is 1. The van der Waals surface area contributed by atoms with Crippen molar-refractivity contribution in [3.05, 3.63) is 29.8 Å². The number of anilines is 1. The number of aliphatic hydroxyl groups is 1. The fourth-order valence-corrected chi connectivity index (χ4v) is 3.51. The summed E-state index contributed by atoms with van der Waals surface area (Å²) in [6.07, 6.45) is 0.433. The molecule has 2 rings (SSSR count). The van der Waals surface area contributed by atoms with Gasteiger partial charge in [0, 0.05) is 12.3 Å². The molecule has 0 saturated heterocycles. The number of nitrogens with one attached hydrogen (secondary N) is 1. The zero-order valence-electron chi connectivity index (χ0n) is 12.8. The molecular formula is C15H21N3O2S2. The lowest BCUT2D eigenvalue weighted by Gasteiger charge is -2.11. The Labute approximate surface area is 139 Å². The van der Waals surface area contributed by atoms with Crippen LogP contribution in [0.1, 0.15) is 19.4 Å². The topological polar surface area (TPSA) is 67.3 Å². The first-order valence-electron chi connectivity index (χ1n) is 7.31. The van der Waals surface area contributed by atoms with E-state index in [1.807, 2.05) is 25.1 Å². The van der Waals surface area contributed by atoms with Gasteiger partial charge in [-0.15, -0.1) is 10.2 Å². The predicted molar refractivity (Wildman–Crippen MR) is 92.1 cm³/mol. The van der Waals surface area contributed by atoms with Gasteiger partial charge in [0.1, 0.15) is 12.4 Å². The van der Waals surface area contributed by atoms with E-state index >= 15 is 0 Å². The van der Waals surface area contributed by atoms with Crippen molar-refractivity contribution in [3.63, 3.8) is 0 Å². The minimum atomic E-state index is -0.540. The number of thioether (sulfide) groups is 1. The molecular weight excluding hydrogens is 318 g/mol. The van der Waals surface area contributed by atoms with Gasteiger partial charge in [0.05, 0.1) is 6.10 Å². The second-order valence-corrected chi connectivity index (χ2v) is 6.92. The maximum absolute atomic E-state index is 10.0. The minimum Gasteiger partial charge on any atom is -0.491 e. The number of nitrogens with zero attached hydrogens (tertiary/aromatic N) is 2. The lowest BCUT2D eigenvalue weighted by atomic mass is 10.2. The van der Waals surface area contributed by atoms with Crippen molar-refractivity contribution in [2.75, 3.05) is 24.2 Å². The molecule has 0 bridgehead atoms. The van der Waals surface area contributed by atoms with Gasteiger partial charge in [0.25, 0.3) is 0 Å². The van der Waals surface area contributed by atoms with Crippen molar-refractivity contribution < 1.29 is 9.84 Å². The minimum absolute atomic E-state index is 0.277. The molecule has 2 aromatic rings. The number of rotatable bonds is 9. The number of hydrogen-bond acceptors (Lipinski definition) is 7. The van der Waals surface area contributed by atoms with E-state index in [0.29, 0.717) is 5.75 Å². The van der Waals surface area contributed by atoms with Gasteiger partial charge in [-0.2, -0.15) is 0 Å². The molecule has 120 valence electrons. The summed E-state index contributed by atoms with van der Waals surface area (Å²) in [5, 5.41) is 22.0. The van der Waals surface area contributed by atoms with Crippen molar-refractivity contribution in [2.45, 2.75) is 30.7 Å². The third kappa shape index (κ3) is 5.47. The van der Waals surface area contributed by atoms with Crippen LogP contribution in [0.3, 0.4) is 0 Å². The van der Waals surface area contributed by atoms with Crippen LogP contribution in [-0.4, -0.2) is 40.3 Å². The molecule has 1 aromatic heterocycles. The second-order valence-electron chi connectivity index (χ2n) is 4.68. The molecule has 0 aliphatic heterocycles. The Morgan fingerprint density at radius 1 is 1.36 bits per heavy atom. The number of benzene rings is 1. The average Bonchev–Trinajstić information content (AvgIpc) is 2.99. The quantitative estimate of drug-likeness (QED) is 0.685. The lowest BCUT2D eigenvalue weighted by Crippen LogP contribution is -2.20. The monoisotopic (exact) mass is 339 g/mol. The number of aliphatic hydroxyl groups excluding tert-OH is 1.